The molecular formula is C30H33N3O3S. The van der Waals surface area contributed by atoms with E-state index in [-0.39, 0.29) is 24.9 Å². The zero-order chi connectivity index (χ0) is 25.9. The van der Waals surface area contributed by atoms with Gasteiger partial charge in [-0.25, -0.2) is 9.79 Å². The molecule has 1 amide bonds. The third-order valence-electron chi connectivity index (χ3n) is 7.06. The van der Waals surface area contributed by atoms with Crippen molar-refractivity contribution in [2.75, 3.05) is 19.7 Å². The van der Waals surface area contributed by atoms with Crippen molar-refractivity contribution in [2.45, 2.75) is 52.0 Å². The van der Waals surface area contributed by atoms with Crippen molar-refractivity contribution in [3.05, 3.63) is 88.0 Å². The average Bonchev–Trinajstić information content (AvgIpc) is 3.59. The van der Waals surface area contributed by atoms with Crippen LogP contribution in [-0.2, 0) is 14.3 Å². The molecule has 3 heterocycles. The number of amides is 1. The van der Waals surface area contributed by atoms with Gasteiger partial charge in [-0.1, -0.05) is 80.2 Å². The summed E-state index contributed by atoms with van der Waals surface area (Å²) in [6.07, 6.45) is 2.39. The van der Waals surface area contributed by atoms with Gasteiger partial charge >= 0.3 is 5.97 Å². The predicted octanol–water partition coefficient (Wildman–Crippen LogP) is 6.10. The fourth-order valence-electron chi connectivity index (χ4n) is 5.10. The van der Waals surface area contributed by atoms with Crippen molar-refractivity contribution in [1.29, 1.82) is 0 Å². The maximum absolute atomic E-state index is 13.6. The highest BCUT2D eigenvalue weighted by Crippen LogP contribution is 2.47. The number of nitrogens with zero attached hydrogens (tertiary/aromatic N) is 3. The van der Waals surface area contributed by atoms with Crippen LogP contribution in [0.4, 0.5) is 0 Å². The molecule has 0 aliphatic carbocycles. The van der Waals surface area contributed by atoms with Crippen LogP contribution in [-0.4, -0.2) is 46.5 Å². The first-order valence-corrected chi connectivity index (χ1v) is 13.9. The minimum absolute atomic E-state index is 0.120. The standard InChI is InChI=1S/C30H33N3O3S/c1-4-36-29(35)26-27(22-10-6-5-7-11-22)31-30-33(28(26)23-14-12-21(13-15-23)20(2)3)24(19-37-30)18-25(34)32-16-8-9-17-32/h5-7,10-15,19-20,28H,4,8-9,16-18H2,1-3H3/t28-/m0/s1. The van der Waals surface area contributed by atoms with Gasteiger partial charge in [-0.05, 0) is 42.2 Å². The molecule has 192 valence electrons. The van der Waals surface area contributed by atoms with E-state index >= 15 is 0 Å². The minimum Gasteiger partial charge on any atom is -0.463 e. The van der Waals surface area contributed by atoms with Crippen LogP contribution in [0.5, 0.6) is 0 Å². The second-order valence-corrected chi connectivity index (χ2v) is 10.7. The lowest BCUT2D eigenvalue weighted by Crippen LogP contribution is -2.38. The van der Waals surface area contributed by atoms with Crippen molar-refractivity contribution < 1.29 is 14.3 Å². The summed E-state index contributed by atoms with van der Waals surface area (Å²) >= 11 is 1.51. The second-order valence-electron chi connectivity index (χ2n) is 9.83. The lowest BCUT2D eigenvalue weighted by atomic mass is 9.90. The summed E-state index contributed by atoms with van der Waals surface area (Å²) in [6, 6.07) is 17.8. The third-order valence-corrected chi connectivity index (χ3v) is 7.95. The second kappa shape index (κ2) is 11.0. The summed E-state index contributed by atoms with van der Waals surface area (Å²) in [7, 11) is 0. The molecule has 0 radical (unpaired) electrons. The van der Waals surface area contributed by atoms with Gasteiger partial charge in [0.2, 0.25) is 5.91 Å². The largest absolute Gasteiger partial charge is 0.463 e. The molecule has 0 bridgehead atoms. The zero-order valence-corrected chi connectivity index (χ0v) is 22.5. The predicted molar refractivity (Wildman–Crippen MR) is 149 cm³/mol. The Morgan fingerprint density at radius 1 is 1.05 bits per heavy atom. The molecule has 0 N–H and O–H groups in total. The molecule has 37 heavy (non-hydrogen) atoms. The van der Waals surface area contributed by atoms with Crippen LogP contribution < -0.4 is 0 Å². The van der Waals surface area contributed by atoms with Crippen molar-refractivity contribution in [1.82, 2.24) is 9.80 Å². The van der Waals surface area contributed by atoms with E-state index in [0.717, 1.165) is 47.9 Å². The number of benzene rings is 2. The molecule has 5 rings (SSSR count). The Kier molecular flexibility index (Phi) is 7.51. The Labute approximate surface area is 223 Å². The van der Waals surface area contributed by atoms with Gasteiger partial charge in [-0.3, -0.25) is 4.79 Å². The van der Waals surface area contributed by atoms with E-state index in [9.17, 15) is 9.59 Å². The number of carbonyl (C=O) groups is 2. The molecular weight excluding hydrogens is 482 g/mol. The van der Waals surface area contributed by atoms with Gasteiger partial charge in [0.1, 0.15) is 0 Å². The summed E-state index contributed by atoms with van der Waals surface area (Å²) in [5, 5.41) is 2.79. The van der Waals surface area contributed by atoms with Crippen molar-refractivity contribution >= 4 is 34.5 Å². The van der Waals surface area contributed by atoms with E-state index in [1.165, 1.54) is 17.3 Å². The van der Waals surface area contributed by atoms with Crippen LogP contribution in [0.3, 0.4) is 0 Å². The molecule has 3 aliphatic rings. The number of likely N-dealkylation sites (tertiary alicyclic amines) is 1. The average molecular weight is 516 g/mol. The summed E-state index contributed by atoms with van der Waals surface area (Å²) < 4.78 is 5.60. The molecule has 0 spiro atoms. The zero-order valence-electron chi connectivity index (χ0n) is 21.6. The molecule has 2 aromatic carbocycles. The topological polar surface area (TPSA) is 62.2 Å². The SMILES string of the molecule is CCOC(=O)C1=C(c2ccccc2)N=C2SC=C(CC(=O)N3CCCC3)N2[C@H]1c1ccc(C(C)C)cc1. The van der Waals surface area contributed by atoms with Crippen LogP contribution in [0.1, 0.15) is 68.7 Å². The van der Waals surface area contributed by atoms with Crippen molar-refractivity contribution in [3.8, 4) is 0 Å². The number of fused-ring (bicyclic) bond motifs is 1. The normalized spacial score (nSPS) is 19.2. The molecule has 7 heteroatoms. The molecule has 0 aromatic heterocycles. The van der Waals surface area contributed by atoms with Crippen molar-refractivity contribution in [3.63, 3.8) is 0 Å². The van der Waals surface area contributed by atoms with Gasteiger partial charge < -0.3 is 14.5 Å². The first-order valence-electron chi connectivity index (χ1n) is 13.1. The number of carbonyl (C=O) groups excluding carboxylic acids is 2. The maximum Gasteiger partial charge on any atom is 0.338 e. The van der Waals surface area contributed by atoms with Gasteiger partial charge in [-0.2, -0.15) is 0 Å². The van der Waals surface area contributed by atoms with Gasteiger partial charge in [0.15, 0.2) is 5.17 Å². The molecule has 2 aromatic rings. The number of hydrogen-bond donors (Lipinski definition) is 0. The number of hydrogen-bond acceptors (Lipinski definition) is 6. The smallest absolute Gasteiger partial charge is 0.338 e. The van der Waals surface area contributed by atoms with Gasteiger partial charge in [0.05, 0.1) is 30.3 Å². The van der Waals surface area contributed by atoms with Crippen LogP contribution in [0.25, 0.3) is 5.70 Å². The highest BCUT2D eigenvalue weighted by Gasteiger charge is 2.42. The van der Waals surface area contributed by atoms with Gasteiger partial charge in [-0.15, -0.1) is 0 Å². The Balaban J connectivity index is 1.62. The number of ether oxygens (including phenoxy) is 1. The molecule has 6 nitrogen and oxygen atoms in total. The molecule has 3 aliphatic heterocycles. The van der Waals surface area contributed by atoms with E-state index in [1.807, 2.05) is 47.6 Å². The summed E-state index contributed by atoms with van der Waals surface area (Å²) in [4.78, 5) is 35.7. The minimum atomic E-state index is -0.449. The Hall–Kier alpha value is -3.32. The number of aliphatic imine (C=N–C) groups is 1. The van der Waals surface area contributed by atoms with E-state index in [1.54, 1.807) is 0 Å². The Bertz CT molecular complexity index is 1260. The molecule has 1 fully saturated rings. The number of rotatable bonds is 7. The van der Waals surface area contributed by atoms with Crippen LogP contribution in [0.2, 0.25) is 0 Å². The lowest BCUT2D eigenvalue weighted by Gasteiger charge is -2.37. The lowest BCUT2D eigenvalue weighted by molar-refractivity contribution is -0.139. The number of amidine groups is 1. The number of thioether (sulfide) groups is 1. The van der Waals surface area contributed by atoms with Crippen LogP contribution >= 0.6 is 11.8 Å². The monoisotopic (exact) mass is 515 g/mol. The summed E-state index contributed by atoms with van der Waals surface area (Å²) in [5.74, 6) is 0.132. The highest BCUT2D eigenvalue weighted by atomic mass is 32.2. The quantitative estimate of drug-likeness (QED) is 0.417. The van der Waals surface area contributed by atoms with Crippen LogP contribution in [0.15, 0.2) is 76.3 Å². The summed E-state index contributed by atoms with van der Waals surface area (Å²) in [6.45, 7) is 8.04. The fourth-order valence-corrected chi connectivity index (χ4v) is 6.02. The molecule has 1 saturated heterocycles. The van der Waals surface area contributed by atoms with Crippen LogP contribution in [0, 0.1) is 0 Å². The Morgan fingerprint density at radius 3 is 2.41 bits per heavy atom. The molecule has 0 unspecified atom stereocenters. The molecule has 1 atom stereocenters. The van der Waals surface area contributed by atoms with Crippen molar-refractivity contribution in [2.24, 2.45) is 4.99 Å². The van der Waals surface area contributed by atoms with E-state index in [2.05, 4.69) is 43.0 Å². The van der Waals surface area contributed by atoms with E-state index in [4.69, 9.17) is 9.73 Å². The van der Waals surface area contributed by atoms with Gasteiger partial charge in [0.25, 0.3) is 0 Å². The highest BCUT2D eigenvalue weighted by molar-refractivity contribution is 8.16. The number of esters is 1. The Morgan fingerprint density at radius 2 is 1.76 bits per heavy atom. The van der Waals surface area contributed by atoms with Gasteiger partial charge in [0, 0.05) is 24.4 Å². The fraction of sp³-hybridized carbons (Fsp3) is 0.367. The maximum atomic E-state index is 13.6. The third kappa shape index (κ3) is 5.10. The van der Waals surface area contributed by atoms with E-state index < -0.39 is 6.04 Å². The first kappa shape index (κ1) is 25.3. The molecule has 0 saturated carbocycles. The van der Waals surface area contributed by atoms with E-state index in [0.29, 0.717) is 17.2 Å². The summed E-state index contributed by atoms with van der Waals surface area (Å²) in [5.41, 5.74) is 5.05. The first-order chi connectivity index (χ1) is 18.0.